The second-order valence-electron chi connectivity index (χ2n) is 5.59. The Kier molecular flexibility index (Phi) is 6.32. The summed E-state index contributed by atoms with van der Waals surface area (Å²) in [6, 6.07) is 4.83. The summed E-state index contributed by atoms with van der Waals surface area (Å²) in [5.74, 6) is 0.827. The van der Waals surface area contributed by atoms with Crippen LogP contribution >= 0.6 is 15.9 Å². The van der Waals surface area contributed by atoms with Gasteiger partial charge in [-0.05, 0) is 53.4 Å². The number of likely N-dealkylation sites (N-methyl/N-ethyl adjacent to an activating group) is 1. The second-order valence-corrected chi connectivity index (χ2v) is 6.50. The molecule has 1 aromatic rings. The molecular formula is C16H25BrN2. The lowest BCUT2D eigenvalue weighted by Gasteiger charge is -2.26. The highest BCUT2D eigenvalue weighted by molar-refractivity contribution is 9.10. The Bertz CT molecular complexity index is 356. The first-order chi connectivity index (χ1) is 9.29. The average Bonchev–Trinajstić information content (AvgIpc) is 2.70. The quantitative estimate of drug-likeness (QED) is 0.815. The van der Waals surface area contributed by atoms with Gasteiger partial charge in [0.05, 0.1) is 0 Å². The Morgan fingerprint density at radius 2 is 2.00 bits per heavy atom. The number of hydrogen-bond donors (Lipinski definition) is 1. The second kappa shape index (κ2) is 8.01. The molecule has 2 rings (SSSR count). The van der Waals surface area contributed by atoms with Crippen LogP contribution in [0.15, 0.2) is 22.8 Å². The molecule has 0 saturated heterocycles. The van der Waals surface area contributed by atoms with E-state index in [-0.39, 0.29) is 0 Å². The summed E-state index contributed by atoms with van der Waals surface area (Å²) < 4.78 is 1.06. The summed E-state index contributed by atoms with van der Waals surface area (Å²) in [6.07, 6.45) is 11.4. The number of pyridine rings is 1. The van der Waals surface area contributed by atoms with Crippen molar-refractivity contribution in [1.29, 1.82) is 0 Å². The van der Waals surface area contributed by atoms with Crippen LogP contribution in [0.3, 0.4) is 0 Å². The van der Waals surface area contributed by atoms with Gasteiger partial charge in [0.1, 0.15) is 0 Å². The summed E-state index contributed by atoms with van der Waals surface area (Å²) in [5.41, 5.74) is 1.21. The van der Waals surface area contributed by atoms with E-state index in [1.165, 1.54) is 44.2 Å². The Morgan fingerprint density at radius 3 is 2.58 bits per heavy atom. The molecule has 1 N–H and O–H groups in total. The molecule has 0 amide bonds. The lowest BCUT2D eigenvalue weighted by atomic mass is 9.89. The van der Waals surface area contributed by atoms with Crippen molar-refractivity contribution >= 4 is 15.9 Å². The van der Waals surface area contributed by atoms with Crippen molar-refractivity contribution in [3.63, 3.8) is 0 Å². The van der Waals surface area contributed by atoms with Crippen molar-refractivity contribution in [3.8, 4) is 0 Å². The number of halogens is 1. The molecule has 1 aliphatic carbocycles. The van der Waals surface area contributed by atoms with Gasteiger partial charge >= 0.3 is 0 Å². The van der Waals surface area contributed by atoms with Gasteiger partial charge in [-0.1, -0.05) is 32.6 Å². The zero-order valence-electron chi connectivity index (χ0n) is 11.9. The molecule has 1 unspecified atom stereocenters. The fourth-order valence-electron chi connectivity index (χ4n) is 3.13. The predicted octanol–water partition coefficient (Wildman–Crippen LogP) is 4.34. The standard InChI is InChI=1S/C16H25BrN2/c1-2-18-16(13-7-5-3-4-6-8-13)11-15-10-9-14(17)12-19-15/h9-10,12-13,16,18H,2-8,11H2,1H3. The highest BCUT2D eigenvalue weighted by Crippen LogP contribution is 2.27. The lowest BCUT2D eigenvalue weighted by molar-refractivity contribution is 0.320. The Hall–Kier alpha value is -0.410. The summed E-state index contributed by atoms with van der Waals surface area (Å²) in [7, 11) is 0. The molecule has 1 atom stereocenters. The molecule has 1 aromatic heterocycles. The molecule has 0 spiro atoms. The Balaban J connectivity index is 1.99. The fourth-order valence-corrected chi connectivity index (χ4v) is 3.37. The van der Waals surface area contributed by atoms with Gasteiger partial charge in [-0.2, -0.15) is 0 Å². The van der Waals surface area contributed by atoms with E-state index in [0.717, 1.165) is 23.4 Å². The van der Waals surface area contributed by atoms with E-state index in [1.54, 1.807) is 0 Å². The third-order valence-electron chi connectivity index (χ3n) is 4.15. The lowest BCUT2D eigenvalue weighted by Crippen LogP contribution is -2.38. The van der Waals surface area contributed by atoms with Gasteiger partial charge in [-0.3, -0.25) is 4.98 Å². The molecule has 1 saturated carbocycles. The monoisotopic (exact) mass is 324 g/mol. The van der Waals surface area contributed by atoms with Crippen molar-refractivity contribution in [2.75, 3.05) is 6.54 Å². The first kappa shape index (κ1) is 15.0. The maximum absolute atomic E-state index is 4.53. The van der Waals surface area contributed by atoms with Crippen LogP contribution in [0, 0.1) is 5.92 Å². The van der Waals surface area contributed by atoms with E-state index in [1.807, 2.05) is 6.20 Å². The SMILES string of the molecule is CCNC(Cc1ccc(Br)cn1)C1CCCCCC1. The van der Waals surface area contributed by atoms with Crippen LogP contribution in [0.4, 0.5) is 0 Å². The maximum Gasteiger partial charge on any atom is 0.0420 e. The van der Waals surface area contributed by atoms with Crippen molar-refractivity contribution in [2.45, 2.75) is 57.9 Å². The van der Waals surface area contributed by atoms with Crippen molar-refractivity contribution in [2.24, 2.45) is 5.92 Å². The summed E-state index contributed by atoms with van der Waals surface area (Å²) in [6.45, 7) is 3.26. The Morgan fingerprint density at radius 1 is 1.26 bits per heavy atom. The maximum atomic E-state index is 4.53. The van der Waals surface area contributed by atoms with Crippen LogP contribution in [-0.4, -0.2) is 17.6 Å². The van der Waals surface area contributed by atoms with E-state index in [2.05, 4.69) is 45.3 Å². The van der Waals surface area contributed by atoms with Crippen molar-refractivity contribution < 1.29 is 0 Å². The van der Waals surface area contributed by atoms with Crippen molar-refractivity contribution in [3.05, 3.63) is 28.5 Å². The molecule has 19 heavy (non-hydrogen) atoms. The van der Waals surface area contributed by atoms with Crippen LogP contribution in [0.25, 0.3) is 0 Å². The predicted molar refractivity (Wildman–Crippen MR) is 84.3 cm³/mol. The van der Waals surface area contributed by atoms with E-state index >= 15 is 0 Å². The van der Waals surface area contributed by atoms with Gasteiger partial charge in [0, 0.05) is 28.8 Å². The van der Waals surface area contributed by atoms with Crippen LogP contribution in [0.1, 0.15) is 51.1 Å². The molecule has 106 valence electrons. The molecule has 1 fully saturated rings. The number of hydrogen-bond acceptors (Lipinski definition) is 2. The topological polar surface area (TPSA) is 24.9 Å². The Labute approximate surface area is 125 Å². The molecule has 3 heteroatoms. The minimum Gasteiger partial charge on any atom is -0.314 e. The third kappa shape index (κ3) is 4.88. The first-order valence-corrected chi connectivity index (χ1v) is 8.42. The number of aromatic nitrogens is 1. The van der Waals surface area contributed by atoms with Gasteiger partial charge in [0.15, 0.2) is 0 Å². The number of rotatable bonds is 5. The highest BCUT2D eigenvalue weighted by Gasteiger charge is 2.22. The van der Waals surface area contributed by atoms with Gasteiger partial charge in [-0.15, -0.1) is 0 Å². The number of nitrogens with zero attached hydrogens (tertiary/aromatic N) is 1. The molecule has 0 aromatic carbocycles. The van der Waals surface area contributed by atoms with E-state index in [9.17, 15) is 0 Å². The smallest absolute Gasteiger partial charge is 0.0420 e. The summed E-state index contributed by atoms with van der Waals surface area (Å²) >= 11 is 3.45. The highest BCUT2D eigenvalue weighted by atomic mass is 79.9. The first-order valence-electron chi connectivity index (χ1n) is 7.63. The molecule has 0 bridgehead atoms. The average molecular weight is 325 g/mol. The summed E-state index contributed by atoms with van der Waals surface area (Å²) in [4.78, 5) is 4.53. The van der Waals surface area contributed by atoms with Crippen molar-refractivity contribution in [1.82, 2.24) is 10.3 Å². The van der Waals surface area contributed by atoms with E-state index in [4.69, 9.17) is 0 Å². The van der Waals surface area contributed by atoms with Crippen LogP contribution < -0.4 is 5.32 Å². The number of nitrogens with one attached hydrogen (secondary N) is 1. The largest absolute Gasteiger partial charge is 0.314 e. The molecule has 1 aliphatic rings. The van der Waals surface area contributed by atoms with E-state index in [0.29, 0.717) is 6.04 Å². The van der Waals surface area contributed by atoms with Gasteiger partial charge < -0.3 is 5.32 Å². The normalized spacial score (nSPS) is 19.1. The molecule has 0 aliphatic heterocycles. The zero-order valence-corrected chi connectivity index (χ0v) is 13.5. The molecule has 2 nitrogen and oxygen atoms in total. The van der Waals surface area contributed by atoms with Gasteiger partial charge in [0.2, 0.25) is 0 Å². The van der Waals surface area contributed by atoms with Crippen LogP contribution in [-0.2, 0) is 6.42 Å². The molecule has 0 radical (unpaired) electrons. The molecular weight excluding hydrogens is 300 g/mol. The minimum atomic E-state index is 0.594. The minimum absolute atomic E-state index is 0.594. The third-order valence-corrected chi connectivity index (χ3v) is 4.62. The zero-order chi connectivity index (χ0) is 13.5. The van der Waals surface area contributed by atoms with Crippen LogP contribution in [0.5, 0.6) is 0 Å². The fraction of sp³-hybridized carbons (Fsp3) is 0.688. The van der Waals surface area contributed by atoms with Crippen LogP contribution in [0.2, 0.25) is 0 Å². The molecule has 1 heterocycles. The summed E-state index contributed by atoms with van der Waals surface area (Å²) in [5, 5.41) is 3.69. The van der Waals surface area contributed by atoms with Gasteiger partial charge in [0.25, 0.3) is 0 Å². The van der Waals surface area contributed by atoms with E-state index < -0.39 is 0 Å². The van der Waals surface area contributed by atoms with Gasteiger partial charge in [-0.25, -0.2) is 0 Å².